The van der Waals surface area contributed by atoms with E-state index < -0.39 is 0 Å². The maximum absolute atomic E-state index is 12.2. The molecule has 7 nitrogen and oxygen atoms in total. The van der Waals surface area contributed by atoms with Crippen molar-refractivity contribution in [2.75, 3.05) is 37.6 Å². The van der Waals surface area contributed by atoms with Gasteiger partial charge in [0.05, 0.1) is 12.7 Å². The third-order valence-electron chi connectivity index (χ3n) is 4.80. The smallest absolute Gasteiger partial charge is 0.234 e. The van der Waals surface area contributed by atoms with Crippen molar-refractivity contribution in [2.45, 2.75) is 6.54 Å². The molecular formula is C20H22N6O. The lowest BCUT2D eigenvalue weighted by atomic mass is 10.1. The van der Waals surface area contributed by atoms with Gasteiger partial charge in [0, 0.05) is 55.9 Å². The summed E-state index contributed by atoms with van der Waals surface area (Å²) in [6.07, 6.45) is 5.29. The topological polar surface area (TPSA) is 74.2 Å². The fraction of sp³-hybridized carbons (Fsp3) is 0.300. The van der Waals surface area contributed by atoms with Crippen LogP contribution in [-0.2, 0) is 11.3 Å². The van der Waals surface area contributed by atoms with Gasteiger partial charge in [-0.3, -0.25) is 14.7 Å². The van der Waals surface area contributed by atoms with E-state index in [2.05, 4.69) is 42.4 Å². The van der Waals surface area contributed by atoms with E-state index in [0.717, 1.165) is 48.3 Å². The molecule has 0 spiro atoms. The van der Waals surface area contributed by atoms with Gasteiger partial charge in [-0.25, -0.2) is 0 Å². The number of hydrogen-bond acceptors (Lipinski definition) is 6. The fourth-order valence-electron chi connectivity index (χ4n) is 3.33. The molecule has 1 aromatic carbocycles. The molecule has 138 valence electrons. The van der Waals surface area contributed by atoms with Crippen molar-refractivity contribution in [1.82, 2.24) is 25.4 Å². The highest BCUT2D eigenvalue weighted by Crippen LogP contribution is 2.23. The minimum Gasteiger partial charge on any atom is -0.352 e. The average molecular weight is 362 g/mol. The van der Waals surface area contributed by atoms with Crippen molar-refractivity contribution >= 4 is 22.5 Å². The van der Waals surface area contributed by atoms with Crippen LogP contribution in [0.15, 0.2) is 55.0 Å². The lowest BCUT2D eigenvalue weighted by molar-refractivity contribution is -0.122. The summed E-state index contributed by atoms with van der Waals surface area (Å²) in [5.41, 5.74) is 1.00. The van der Waals surface area contributed by atoms with Gasteiger partial charge in [0.15, 0.2) is 5.82 Å². The van der Waals surface area contributed by atoms with Crippen LogP contribution in [0.25, 0.3) is 10.8 Å². The molecule has 0 unspecified atom stereocenters. The van der Waals surface area contributed by atoms with Crippen LogP contribution in [0.3, 0.4) is 0 Å². The Morgan fingerprint density at radius 3 is 2.70 bits per heavy atom. The Labute approximate surface area is 158 Å². The number of pyridine rings is 1. The largest absolute Gasteiger partial charge is 0.352 e. The third-order valence-corrected chi connectivity index (χ3v) is 4.80. The molecule has 7 heteroatoms. The predicted octanol–water partition coefficient (Wildman–Crippen LogP) is 1.46. The molecule has 2 aromatic heterocycles. The number of carbonyl (C=O) groups is 1. The van der Waals surface area contributed by atoms with Gasteiger partial charge in [-0.2, -0.15) is 5.10 Å². The van der Waals surface area contributed by atoms with Crippen molar-refractivity contribution in [3.8, 4) is 0 Å². The number of aromatic nitrogens is 3. The van der Waals surface area contributed by atoms with Crippen molar-refractivity contribution in [3.63, 3.8) is 0 Å². The molecule has 0 aliphatic carbocycles. The Morgan fingerprint density at radius 2 is 1.89 bits per heavy atom. The normalized spacial score (nSPS) is 15.0. The molecule has 3 aromatic rings. The van der Waals surface area contributed by atoms with E-state index in [1.165, 1.54) is 0 Å². The Hall–Kier alpha value is -3.06. The van der Waals surface area contributed by atoms with Gasteiger partial charge < -0.3 is 10.2 Å². The van der Waals surface area contributed by atoms with Crippen molar-refractivity contribution in [2.24, 2.45) is 0 Å². The quantitative estimate of drug-likeness (QED) is 0.741. The highest BCUT2D eigenvalue weighted by Gasteiger charge is 2.21. The fourth-order valence-corrected chi connectivity index (χ4v) is 3.33. The number of nitrogens with one attached hydrogen (secondary N) is 1. The van der Waals surface area contributed by atoms with Crippen LogP contribution in [0.2, 0.25) is 0 Å². The Kier molecular flexibility index (Phi) is 5.20. The molecule has 1 aliphatic rings. The molecular weight excluding hydrogens is 340 g/mol. The number of nitrogens with zero attached hydrogens (tertiary/aromatic N) is 5. The lowest BCUT2D eigenvalue weighted by Crippen LogP contribution is -2.49. The maximum Gasteiger partial charge on any atom is 0.234 e. The zero-order valence-corrected chi connectivity index (χ0v) is 15.1. The second-order valence-corrected chi connectivity index (χ2v) is 6.66. The lowest BCUT2D eigenvalue weighted by Gasteiger charge is -2.35. The number of piperazine rings is 1. The Bertz CT molecular complexity index is 903. The van der Waals surface area contributed by atoms with Gasteiger partial charge in [0.1, 0.15) is 0 Å². The van der Waals surface area contributed by atoms with Crippen LogP contribution in [0.5, 0.6) is 0 Å². The van der Waals surface area contributed by atoms with Gasteiger partial charge in [-0.05, 0) is 11.6 Å². The summed E-state index contributed by atoms with van der Waals surface area (Å²) in [7, 11) is 0. The number of amides is 1. The first kappa shape index (κ1) is 17.4. The van der Waals surface area contributed by atoms with Crippen molar-refractivity contribution in [1.29, 1.82) is 0 Å². The minimum absolute atomic E-state index is 0.0391. The molecule has 3 heterocycles. The van der Waals surface area contributed by atoms with E-state index in [-0.39, 0.29) is 5.91 Å². The van der Waals surface area contributed by atoms with Gasteiger partial charge >= 0.3 is 0 Å². The summed E-state index contributed by atoms with van der Waals surface area (Å²) in [5.74, 6) is 0.964. The molecule has 1 aliphatic heterocycles. The van der Waals surface area contributed by atoms with Crippen LogP contribution >= 0.6 is 0 Å². The maximum atomic E-state index is 12.2. The van der Waals surface area contributed by atoms with Crippen molar-refractivity contribution in [3.05, 3.63) is 60.6 Å². The molecule has 0 atom stereocenters. The van der Waals surface area contributed by atoms with Gasteiger partial charge in [0.2, 0.25) is 5.91 Å². The second kappa shape index (κ2) is 8.09. The third kappa shape index (κ3) is 4.20. The molecule has 0 radical (unpaired) electrons. The van der Waals surface area contributed by atoms with E-state index in [1.54, 1.807) is 18.6 Å². The minimum atomic E-state index is 0.0391. The Balaban J connectivity index is 1.30. The molecule has 0 saturated carbocycles. The SMILES string of the molecule is O=C(CN1CCN(c2nncc3ccccc23)CC1)NCc1cccnc1. The highest BCUT2D eigenvalue weighted by atomic mass is 16.2. The van der Waals surface area contributed by atoms with Gasteiger partial charge in [-0.15, -0.1) is 5.10 Å². The first-order valence-corrected chi connectivity index (χ1v) is 9.13. The predicted molar refractivity (Wildman–Crippen MR) is 104 cm³/mol. The number of anilines is 1. The zero-order chi connectivity index (χ0) is 18.5. The zero-order valence-electron chi connectivity index (χ0n) is 15.1. The van der Waals surface area contributed by atoms with E-state index in [4.69, 9.17) is 0 Å². The summed E-state index contributed by atoms with van der Waals surface area (Å²) in [6.45, 7) is 4.24. The standard InChI is InChI=1S/C20H22N6O/c27-19(22-13-16-4-3-7-21-12-16)15-25-8-10-26(11-9-25)20-18-6-2-1-5-17(18)14-23-24-20/h1-7,12,14H,8-11,13,15H2,(H,22,27). The Morgan fingerprint density at radius 1 is 1.04 bits per heavy atom. The molecule has 4 rings (SSSR count). The van der Waals surface area contributed by atoms with Crippen LogP contribution in [0.1, 0.15) is 5.56 Å². The highest BCUT2D eigenvalue weighted by molar-refractivity contribution is 5.91. The van der Waals surface area contributed by atoms with Crippen LogP contribution in [0.4, 0.5) is 5.82 Å². The average Bonchev–Trinajstić information content (AvgIpc) is 2.73. The summed E-state index contributed by atoms with van der Waals surface area (Å²) >= 11 is 0. The van der Waals surface area contributed by atoms with Crippen molar-refractivity contribution < 1.29 is 4.79 Å². The van der Waals surface area contributed by atoms with E-state index in [1.807, 2.05) is 24.3 Å². The summed E-state index contributed by atoms with van der Waals surface area (Å²) in [6, 6.07) is 12.0. The number of benzene rings is 1. The van der Waals surface area contributed by atoms with Crippen LogP contribution in [-0.4, -0.2) is 58.7 Å². The molecule has 1 amide bonds. The number of carbonyl (C=O) groups excluding carboxylic acids is 1. The summed E-state index contributed by atoms with van der Waals surface area (Å²) < 4.78 is 0. The first-order chi connectivity index (χ1) is 13.3. The number of hydrogen-bond donors (Lipinski definition) is 1. The second-order valence-electron chi connectivity index (χ2n) is 6.66. The first-order valence-electron chi connectivity index (χ1n) is 9.13. The molecule has 1 fully saturated rings. The van der Waals surface area contributed by atoms with Crippen LogP contribution < -0.4 is 10.2 Å². The summed E-state index contributed by atoms with van der Waals surface area (Å²) in [4.78, 5) is 20.7. The molecule has 1 saturated heterocycles. The number of fused-ring (bicyclic) bond motifs is 1. The van der Waals surface area contributed by atoms with Crippen LogP contribution in [0, 0.1) is 0 Å². The molecule has 1 N–H and O–H groups in total. The van der Waals surface area contributed by atoms with Gasteiger partial charge in [-0.1, -0.05) is 30.3 Å². The van der Waals surface area contributed by atoms with Gasteiger partial charge in [0.25, 0.3) is 0 Å². The van der Waals surface area contributed by atoms with E-state index in [0.29, 0.717) is 13.1 Å². The molecule has 27 heavy (non-hydrogen) atoms. The molecule has 0 bridgehead atoms. The summed E-state index contributed by atoms with van der Waals surface area (Å²) in [5, 5.41) is 13.7. The van der Waals surface area contributed by atoms with E-state index in [9.17, 15) is 4.79 Å². The monoisotopic (exact) mass is 362 g/mol. The van der Waals surface area contributed by atoms with E-state index >= 15 is 0 Å². The number of rotatable bonds is 5.